The molecule has 2 aromatic carbocycles. The molecular weight excluding hydrogens is 529 g/mol. The number of halogens is 1. The number of rotatable bonds is 8. The topological polar surface area (TPSA) is 88.7 Å². The number of ether oxygens (including phenoxy) is 1. The number of thiazole rings is 1. The fourth-order valence-electron chi connectivity index (χ4n) is 6.79. The van der Waals surface area contributed by atoms with Crippen molar-refractivity contribution in [2.45, 2.75) is 88.0 Å². The van der Waals surface area contributed by atoms with Crippen LogP contribution in [0.1, 0.15) is 90.4 Å². The van der Waals surface area contributed by atoms with Gasteiger partial charge in [0.1, 0.15) is 17.0 Å². The van der Waals surface area contributed by atoms with E-state index >= 15 is 0 Å². The van der Waals surface area contributed by atoms with E-state index in [1.54, 1.807) is 0 Å². The first-order valence-electron chi connectivity index (χ1n) is 14.3. The second-order valence-electron chi connectivity index (χ2n) is 11.8. The molecule has 0 spiro atoms. The summed E-state index contributed by atoms with van der Waals surface area (Å²) in [5.74, 6) is 0.357. The maximum absolute atomic E-state index is 14.6. The molecule has 4 heterocycles. The van der Waals surface area contributed by atoms with Gasteiger partial charge >= 0.3 is 5.97 Å². The molecule has 40 heavy (non-hydrogen) atoms. The van der Waals surface area contributed by atoms with E-state index in [0.717, 1.165) is 66.7 Å². The number of fused-ring (bicyclic) bond motifs is 3. The Morgan fingerprint density at radius 3 is 2.55 bits per heavy atom. The lowest BCUT2D eigenvalue weighted by molar-refractivity contribution is 0.0147. The number of carboxylic acids is 1. The van der Waals surface area contributed by atoms with E-state index in [-0.39, 0.29) is 29.3 Å². The zero-order chi connectivity index (χ0) is 27.0. The highest BCUT2D eigenvalue weighted by atomic mass is 32.1. The molecule has 4 aromatic rings. The number of hydrogen-bond acceptors (Lipinski definition) is 7. The molecule has 9 heteroatoms. The molecule has 4 fully saturated rings. The van der Waals surface area contributed by atoms with E-state index in [4.69, 9.17) is 9.26 Å². The molecule has 1 N–H and O–H groups in total. The van der Waals surface area contributed by atoms with Gasteiger partial charge in [-0.1, -0.05) is 40.8 Å². The normalized spacial score (nSPS) is 24.2. The Balaban J connectivity index is 1.02. The Morgan fingerprint density at radius 1 is 1.07 bits per heavy atom. The third kappa shape index (κ3) is 4.21. The number of carbonyl (C=O) groups is 1. The van der Waals surface area contributed by atoms with Crippen molar-refractivity contribution in [1.82, 2.24) is 10.1 Å². The standard InChI is InChI=1S/C31H30FN3O4S/c32-25-11-18(30(36)37)12-26-28(25)33-31(40-26)35-19-9-10-20(35)14-21(13-19)38-15-24-27(34-39-29(24)17-7-8-17)23-4-2-1-3-22(23)16-5-6-16/h1-4,11-12,16-17,19-21H,5-10,13-15H2,(H,36,37)/t19-,20+,21?. The van der Waals surface area contributed by atoms with Crippen LogP contribution in [0.4, 0.5) is 9.52 Å². The third-order valence-electron chi connectivity index (χ3n) is 9.06. The van der Waals surface area contributed by atoms with Crippen LogP contribution < -0.4 is 4.90 Å². The number of benzene rings is 2. The first-order valence-corrected chi connectivity index (χ1v) is 15.2. The maximum Gasteiger partial charge on any atom is 0.335 e. The summed E-state index contributed by atoms with van der Waals surface area (Å²) in [5, 5.41) is 14.7. The van der Waals surface area contributed by atoms with Crippen LogP contribution in [0.5, 0.6) is 0 Å². The monoisotopic (exact) mass is 559 g/mol. The third-order valence-corrected chi connectivity index (χ3v) is 10.1. The van der Waals surface area contributed by atoms with Crippen LogP contribution in [0.3, 0.4) is 0 Å². The summed E-state index contributed by atoms with van der Waals surface area (Å²) in [4.78, 5) is 18.3. The average molecular weight is 560 g/mol. The quantitative estimate of drug-likeness (QED) is 0.243. The lowest BCUT2D eigenvalue weighted by atomic mass is 9.97. The van der Waals surface area contributed by atoms with Gasteiger partial charge in [0.05, 0.1) is 23.0 Å². The van der Waals surface area contributed by atoms with Gasteiger partial charge in [-0.3, -0.25) is 0 Å². The molecule has 2 aliphatic carbocycles. The lowest BCUT2D eigenvalue weighted by Gasteiger charge is -2.38. The number of nitrogens with zero attached hydrogens (tertiary/aromatic N) is 3. The summed E-state index contributed by atoms with van der Waals surface area (Å²) >= 11 is 1.38. The maximum atomic E-state index is 14.6. The van der Waals surface area contributed by atoms with Crippen molar-refractivity contribution >= 4 is 32.7 Å². The van der Waals surface area contributed by atoms with Crippen LogP contribution in [0.15, 0.2) is 40.9 Å². The van der Waals surface area contributed by atoms with Gasteiger partial charge in [0.25, 0.3) is 0 Å². The number of piperidine rings is 1. The summed E-state index contributed by atoms with van der Waals surface area (Å²) < 4.78 is 27.8. The minimum absolute atomic E-state index is 0.0475. The van der Waals surface area contributed by atoms with E-state index in [9.17, 15) is 14.3 Å². The summed E-state index contributed by atoms with van der Waals surface area (Å²) in [7, 11) is 0. The van der Waals surface area contributed by atoms with Gasteiger partial charge in [0.15, 0.2) is 10.9 Å². The first kappa shape index (κ1) is 24.5. The predicted octanol–water partition coefficient (Wildman–Crippen LogP) is 7.26. The van der Waals surface area contributed by atoms with Gasteiger partial charge < -0.3 is 19.3 Å². The number of aromatic nitrogens is 2. The molecule has 2 bridgehead atoms. The van der Waals surface area contributed by atoms with E-state index in [1.807, 2.05) is 0 Å². The van der Waals surface area contributed by atoms with Gasteiger partial charge in [-0.25, -0.2) is 14.2 Å². The largest absolute Gasteiger partial charge is 0.478 e. The fraction of sp³-hybridized carbons (Fsp3) is 0.452. The van der Waals surface area contributed by atoms with Crippen molar-refractivity contribution in [2.75, 3.05) is 4.90 Å². The van der Waals surface area contributed by atoms with Crippen molar-refractivity contribution < 1.29 is 23.6 Å². The number of anilines is 1. The van der Waals surface area contributed by atoms with Crippen LogP contribution in [0.25, 0.3) is 21.5 Å². The van der Waals surface area contributed by atoms with E-state index in [2.05, 4.69) is 39.3 Å². The summed E-state index contributed by atoms with van der Waals surface area (Å²) in [6.45, 7) is 0.498. The molecule has 2 aliphatic heterocycles. The number of aromatic carboxylic acids is 1. The zero-order valence-electron chi connectivity index (χ0n) is 22.0. The van der Waals surface area contributed by atoms with Crippen molar-refractivity contribution in [3.05, 3.63) is 64.7 Å². The molecule has 0 radical (unpaired) electrons. The van der Waals surface area contributed by atoms with Crippen molar-refractivity contribution in [2.24, 2.45) is 0 Å². The van der Waals surface area contributed by atoms with Gasteiger partial charge in [0, 0.05) is 29.1 Å². The van der Waals surface area contributed by atoms with E-state index in [0.29, 0.717) is 23.1 Å². The molecular formula is C31H30FN3O4S. The first-order chi connectivity index (χ1) is 19.5. The molecule has 8 rings (SSSR count). The van der Waals surface area contributed by atoms with Gasteiger partial charge in [-0.15, -0.1) is 0 Å². The minimum Gasteiger partial charge on any atom is -0.478 e. The highest BCUT2D eigenvalue weighted by Gasteiger charge is 2.43. The predicted molar refractivity (Wildman–Crippen MR) is 150 cm³/mol. The molecule has 0 amide bonds. The molecule has 3 atom stereocenters. The second-order valence-corrected chi connectivity index (χ2v) is 12.8. The molecule has 7 nitrogen and oxygen atoms in total. The summed E-state index contributed by atoms with van der Waals surface area (Å²) in [6, 6.07) is 11.7. The average Bonchev–Trinajstić information content (AvgIpc) is 3.87. The minimum atomic E-state index is -1.13. The van der Waals surface area contributed by atoms with Crippen LogP contribution in [0, 0.1) is 5.82 Å². The van der Waals surface area contributed by atoms with Crippen molar-refractivity contribution in [3.8, 4) is 11.3 Å². The Kier molecular flexibility index (Phi) is 5.74. The van der Waals surface area contributed by atoms with Crippen molar-refractivity contribution in [3.63, 3.8) is 0 Å². The van der Waals surface area contributed by atoms with E-state index < -0.39 is 11.8 Å². The molecule has 4 aliphatic rings. The molecule has 206 valence electrons. The highest BCUT2D eigenvalue weighted by Crippen LogP contribution is 2.49. The summed E-state index contributed by atoms with van der Waals surface area (Å²) in [6.07, 6.45) is 8.73. The Morgan fingerprint density at radius 2 is 1.82 bits per heavy atom. The molecule has 2 saturated carbocycles. The number of carboxylic acid groups (broad SMARTS) is 1. The Labute approximate surface area is 234 Å². The Bertz CT molecular complexity index is 1610. The number of hydrogen-bond donors (Lipinski definition) is 1. The fourth-order valence-corrected chi connectivity index (χ4v) is 7.95. The molecule has 2 saturated heterocycles. The van der Waals surface area contributed by atoms with Gasteiger partial charge in [-0.2, -0.15) is 0 Å². The highest BCUT2D eigenvalue weighted by molar-refractivity contribution is 7.22. The van der Waals surface area contributed by atoms with E-state index in [1.165, 1.54) is 41.4 Å². The summed E-state index contributed by atoms with van der Waals surface area (Å²) in [5.41, 5.74) is 4.82. The smallest absolute Gasteiger partial charge is 0.335 e. The van der Waals surface area contributed by atoms with Crippen LogP contribution in [-0.4, -0.2) is 39.4 Å². The lowest BCUT2D eigenvalue weighted by Crippen LogP contribution is -2.45. The molecule has 1 unspecified atom stereocenters. The van der Waals surface area contributed by atoms with Crippen molar-refractivity contribution in [1.29, 1.82) is 0 Å². The zero-order valence-corrected chi connectivity index (χ0v) is 22.8. The van der Waals surface area contributed by atoms with Crippen LogP contribution >= 0.6 is 11.3 Å². The Hall–Kier alpha value is -3.30. The van der Waals surface area contributed by atoms with Gasteiger partial charge in [0.2, 0.25) is 0 Å². The molecule has 2 aromatic heterocycles. The SMILES string of the molecule is O=C(O)c1cc(F)c2nc(N3[C@@H]4CC[C@H]3CC(OCc3c(-c5ccccc5C5CC5)noc3C3CC3)C4)sc2c1. The van der Waals surface area contributed by atoms with Crippen LogP contribution in [0.2, 0.25) is 0 Å². The van der Waals surface area contributed by atoms with Gasteiger partial charge in [-0.05, 0) is 75.0 Å². The second kappa shape index (κ2) is 9.38. The van der Waals surface area contributed by atoms with Crippen LogP contribution in [-0.2, 0) is 11.3 Å².